The number of Topliss-reactive ketones (excluding diaryl/α,β-unsaturated/α-hetero) is 1. The number of carbonyl (C=O) groups is 2. The van der Waals surface area contributed by atoms with Crippen molar-refractivity contribution in [2.75, 3.05) is 46.8 Å². The zero-order valence-corrected chi connectivity index (χ0v) is 28.0. The van der Waals surface area contributed by atoms with Gasteiger partial charge >= 0.3 is 5.97 Å². The maximum Gasteiger partial charge on any atom is 0.309 e. The molecule has 244 valence electrons. The molecule has 0 fully saturated rings. The summed E-state index contributed by atoms with van der Waals surface area (Å²) < 4.78 is 27.6. The molecule has 0 bridgehead atoms. The SMILES string of the molecule is COc1ccc(-c2ccc(CC(=O)c3ccc(OCCOCCOCCOC(=O)C(CC(C)(C)C)C(C)(C)C)cc3)cc2)cc1. The first kappa shape index (κ1) is 35.8. The largest absolute Gasteiger partial charge is 0.497 e. The number of esters is 1. The van der Waals surface area contributed by atoms with Crippen LogP contribution >= 0.6 is 0 Å². The van der Waals surface area contributed by atoms with Crippen molar-refractivity contribution < 1.29 is 33.3 Å². The Kier molecular flexibility index (Phi) is 13.6. The molecule has 0 spiro atoms. The summed E-state index contributed by atoms with van der Waals surface area (Å²) in [6.07, 6.45) is 1.10. The van der Waals surface area contributed by atoms with Crippen molar-refractivity contribution >= 4 is 11.8 Å². The van der Waals surface area contributed by atoms with E-state index in [0.29, 0.717) is 50.8 Å². The van der Waals surface area contributed by atoms with Gasteiger partial charge in [-0.3, -0.25) is 9.59 Å². The third-order valence-electron chi connectivity index (χ3n) is 7.41. The van der Waals surface area contributed by atoms with Crippen molar-refractivity contribution in [2.24, 2.45) is 16.7 Å². The predicted molar refractivity (Wildman–Crippen MR) is 178 cm³/mol. The summed E-state index contributed by atoms with van der Waals surface area (Å²) in [4.78, 5) is 25.5. The van der Waals surface area contributed by atoms with Gasteiger partial charge in [-0.25, -0.2) is 0 Å². The van der Waals surface area contributed by atoms with Gasteiger partial charge in [-0.1, -0.05) is 77.9 Å². The van der Waals surface area contributed by atoms with E-state index in [1.165, 1.54) is 0 Å². The van der Waals surface area contributed by atoms with Crippen LogP contribution in [0.2, 0.25) is 0 Å². The molecule has 3 aromatic carbocycles. The molecule has 0 N–H and O–H groups in total. The molecular formula is C38H50O7. The van der Waals surface area contributed by atoms with E-state index in [4.69, 9.17) is 23.7 Å². The molecule has 0 heterocycles. The summed E-state index contributed by atoms with van der Waals surface area (Å²) in [5, 5.41) is 0. The first-order valence-corrected chi connectivity index (χ1v) is 15.7. The number of ether oxygens (including phenoxy) is 5. The van der Waals surface area contributed by atoms with Crippen molar-refractivity contribution in [1.29, 1.82) is 0 Å². The van der Waals surface area contributed by atoms with Gasteiger partial charge in [0.25, 0.3) is 0 Å². The van der Waals surface area contributed by atoms with E-state index < -0.39 is 0 Å². The number of hydrogen-bond acceptors (Lipinski definition) is 7. The van der Waals surface area contributed by atoms with Gasteiger partial charge in [-0.2, -0.15) is 0 Å². The van der Waals surface area contributed by atoms with Crippen LogP contribution in [0.5, 0.6) is 11.5 Å². The van der Waals surface area contributed by atoms with Crippen LogP contribution in [0.4, 0.5) is 0 Å². The molecule has 0 aliphatic heterocycles. The van der Waals surface area contributed by atoms with E-state index in [1.807, 2.05) is 48.5 Å². The maximum atomic E-state index is 12.8. The lowest BCUT2D eigenvalue weighted by molar-refractivity contribution is -0.155. The molecule has 7 nitrogen and oxygen atoms in total. The number of carbonyl (C=O) groups excluding carboxylic acids is 2. The van der Waals surface area contributed by atoms with Crippen LogP contribution in [0.15, 0.2) is 72.8 Å². The van der Waals surface area contributed by atoms with Crippen molar-refractivity contribution in [3.63, 3.8) is 0 Å². The molecule has 45 heavy (non-hydrogen) atoms. The Labute approximate surface area is 269 Å². The number of benzene rings is 3. The Morgan fingerprint density at radius 2 is 1.16 bits per heavy atom. The van der Waals surface area contributed by atoms with Crippen molar-refractivity contribution in [1.82, 2.24) is 0 Å². The smallest absolute Gasteiger partial charge is 0.309 e. The van der Waals surface area contributed by atoms with Crippen molar-refractivity contribution in [2.45, 2.75) is 54.4 Å². The van der Waals surface area contributed by atoms with Gasteiger partial charge in [-0.15, -0.1) is 0 Å². The highest BCUT2D eigenvalue weighted by atomic mass is 16.6. The van der Waals surface area contributed by atoms with Crippen LogP contribution in [-0.2, 0) is 25.4 Å². The van der Waals surface area contributed by atoms with E-state index in [1.54, 1.807) is 31.4 Å². The minimum absolute atomic E-state index is 0.0467. The normalized spacial score (nSPS) is 12.4. The van der Waals surface area contributed by atoms with Crippen molar-refractivity contribution in [3.8, 4) is 22.6 Å². The van der Waals surface area contributed by atoms with Gasteiger partial charge < -0.3 is 23.7 Å². The maximum absolute atomic E-state index is 12.8. The summed E-state index contributed by atoms with van der Waals surface area (Å²) in [5.41, 5.74) is 3.68. The summed E-state index contributed by atoms with van der Waals surface area (Å²) >= 11 is 0. The van der Waals surface area contributed by atoms with E-state index >= 15 is 0 Å². The van der Waals surface area contributed by atoms with Crippen LogP contribution < -0.4 is 9.47 Å². The number of hydrogen-bond donors (Lipinski definition) is 0. The molecule has 0 radical (unpaired) electrons. The second-order valence-electron chi connectivity index (χ2n) is 13.5. The minimum Gasteiger partial charge on any atom is -0.497 e. The highest BCUT2D eigenvalue weighted by Gasteiger charge is 2.35. The second-order valence-corrected chi connectivity index (χ2v) is 13.5. The van der Waals surface area contributed by atoms with E-state index in [0.717, 1.165) is 28.9 Å². The first-order valence-electron chi connectivity index (χ1n) is 15.7. The standard InChI is InChI=1S/C38H50O7/c1-37(2,3)27-34(38(4,5)6)36(40)45-25-23-43-21-20-42-22-24-44-33-18-14-31(15-19-33)35(39)26-28-8-10-29(11-9-28)30-12-16-32(41-7)17-13-30/h8-19,34H,20-27H2,1-7H3. The quantitative estimate of drug-likeness (QED) is 0.0866. The Balaban J connectivity index is 1.28. The van der Waals surface area contributed by atoms with Gasteiger partial charge in [0.2, 0.25) is 0 Å². The Hall–Kier alpha value is -3.68. The fourth-order valence-corrected chi connectivity index (χ4v) is 4.82. The molecule has 3 rings (SSSR count). The lowest BCUT2D eigenvalue weighted by Gasteiger charge is -2.33. The average molecular weight is 619 g/mol. The third kappa shape index (κ3) is 12.7. The monoisotopic (exact) mass is 618 g/mol. The number of ketones is 1. The summed E-state index contributed by atoms with van der Waals surface area (Å²) in [7, 11) is 1.65. The molecule has 0 aliphatic rings. The Bertz CT molecular complexity index is 1320. The zero-order chi connectivity index (χ0) is 32.9. The predicted octanol–water partition coefficient (Wildman–Crippen LogP) is 7.84. The topological polar surface area (TPSA) is 80.3 Å². The van der Waals surface area contributed by atoms with Crippen molar-refractivity contribution in [3.05, 3.63) is 83.9 Å². The highest BCUT2D eigenvalue weighted by Crippen LogP contribution is 2.36. The first-order chi connectivity index (χ1) is 21.4. The highest BCUT2D eigenvalue weighted by molar-refractivity contribution is 5.97. The number of methoxy groups -OCH3 is 1. The van der Waals surface area contributed by atoms with Crippen LogP contribution in [0.3, 0.4) is 0 Å². The van der Waals surface area contributed by atoms with Crippen LogP contribution in [0.1, 0.15) is 63.9 Å². The van der Waals surface area contributed by atoms with Gasteiger partial charge in [0, 0.05) is 12.0 Å². The second kappa shape index (κ2) is 17.1. The van der Waals surface area contributed by atoms with Crippen LogP contribution in [0, 0.1) is 16.7 Å². The molecule has 0 aromatic heterocycles. The minimum atomic E-state index is -0.164. The molecule has 0 aliphatic carbocycles. The fraction of sp³-hybridized carbons (Fsp3) is 0.474. The van der Waals surface area contributed by atoms with E-state index in [2.05, 4.69) is 41.5 Å². The molecule has 0 amide bonds. The average Bonchev–Trinajstić information content (AvgIpc) is 3.00. The molecule has 1 unspecified atom stereocenters. The summed E-state index contributed by atoms with van der Waals surface area (Å²) in [6.45, 7) is 14.8. The Morgan fingerprint density at radius 3 is 1.69 bits per heavy atom. The molecule has 7 heteroatoms. The molecular weight excluding hydrogens is 568 g/mol. The lowest BCUT2D eigenvalue weighted by atomic mass is 9.72. The fourth-order valence-electron chi connectivity index (χ4n) is 4.82. The van der Waals surface area contributed by atoms with Gasteiger partial charge in [-0.05, 0) is 70.3 Å². The molecule has 3 aromatic rings. The van der Waals surface area contributed by atoms with Gasteiger partial charge in [0.05, 0.1) is 39.5 Å². The summed E-state index contributed by atoms with van der Waals surface area (Å²) in [6, 6.07) is 23.1. The summed E-state index contributed by atoms with van der Waals surface area (Å²) in [5.74, 6) is 1.23. The van der Waals surface area contributed by atoms with Crippen LogP contribution in [-0.4, -0.2) is 58.5 Å². The molecule has 0 saturated carbocycles. The van der Waals surface area contributed by atoms with Gasteiger partial charge in [0.15, 0.2) is 5.78 Å². The molecule has 1 atom stereocenters. The third-order valence-corrected chi connectivity index (χ3v) is 7.41. The van der Waals surface area contributed by atoms with Gasteiger partial charge in [0.1, 0.15) is 24.7 Å². The van der Waals surface area contributed by atoms with E-state index in [-0.39, 0.29) is 35.1 Å². The van der Waals surface area contributed by atoms with Crippen LogP contribution in [0.25, 0.3) is 11.1 Å². The zero-order valence-electron chi connectivity index (χ0n) is 28.0. The number of rotatable bonds is 17. The molecule has 0 saturated heterocycles. The van der Waals surface area contributed by atoms with E-state index in [9.17, 15) is 9.59 Å². The lowest BCUT2D eigenvalue weighted by Crippen LogP contribution is -2.34. The Morgan fingerprint density at radius 1 is 0.644 bits per heavy atom.